The number of allylic oxidation sites excluding steroid dienone is 1. The van der Waals surface area contributed by atoms with Crippen molar-refractivity contribution in [1.82, 2.24) is 0 Å². The summed E-state index contributed by atoms with van der Waals surface area (Å²) in [6.07, 6.45) is 4.82. The maximum Gasteiger partial charge on any atom is 0.339 e. The molecule has 1 unspecified atom stereocenters. The van der Waals surface area contributed by atoms with Gasteiger partial charge in [-0.25, -0.2) is 4.79 Å². The summed E-state index contributed by atoms with van der Waals surface area (Å²) in [7, 11) is 0. The van der Waals surface area contributed by atoms with Crippen molar-refractivity contribution < 1.29 is 19.1 Å². The van der Waals surface area contributed by atoms with Gasteiger partial charge in [0.05, 0.1) is 0 Å². The molecule has 4 heteroatoms. The summed E-state index contributed by atoms with van der Waals surface area (Å²) in [4.78, 5) is 25.6. The fraction of sp³-hybridized carbons (Fsp3) is 0.484. The molecular formula is C31H40O4. The maximum absolute atomic E-state index is 12.9. The van der Waals surface area contributed by atoms with Crippen LogP contribution in [-0.4, -0.2) is 17.4 Å². The van der Waals surface area contributed by atoms with Gasteiger partial charge in [0.15, 0.2) is 0 Å². The second kappa shape index (κ2) is 10.4. The molecule has 2 aromatic rings. The molecule has 0 aromatic heterocycles. The van der Waals surface area contributed by atoms with Crippen LogP contribution in [0.2, 0.25) is 0 Å². The van der Waals surface area contributed by atoms with E-state index in [-0.39, 0.29) is 23.3 Å². The molecule has 1 aliphatic rings. The van der Waals surface area contributed by atoms with Crippen LogP contribution in [0.25, 0.3) is 11.1 Å². The zero-order valence-electron chi connectivity index (χ0n) is 22.6. The molecule has 188 valence electrons. The van der Waals surface area contributed by atoms with Crippen LogP contribution in [0.4, 0.5) is 0 Å². The molecule has 0 spiro atoms. The largest absolute Gasteiger partial charge is 0.488 e. The number of aryl methyl sites for hydroxylation is 2. The number of hydrogen-bond acceptors (Lipinski definition) is 4. The average molecular weight is 477 g/mol. The van der Waals surface area contributed by atoms with Crippen molar-refractivity contribution in [2.75, 3.05) is 0 Å². The molecule has 35 heavy (non-hydrogen) atoms. The lowest BCUT2D eigenvalue weighted by molar-refractivity contribution is -0.132. The predicted octanol–water partition coefficient (Wildman–Crippen LogP) is 7.78. The summed E-state index contributed by atoms with van der Waals surface area (Å²) in [5, 5.41) is 0. The number of Topliss-reactive ketones (excluding diaryl/α,β-unsaturated/α-hetero) is 1. The number of hydrogen-bond donors (Lipinski definition) is 0. The lowest BCUT2D eigenvalue weighted by atomic mass is 9.76. The number of ether oxygens (including phenoxy) is 2. The van der Waals surface area contributed by atoms with Gasteiger partial charge < -0.3 is 9.47 Å². The number of rotatable bonds is 7. The van der Waals surface area contributed by atoms with E-state index in [4.69, 9.17) is 9.47 Å². The van der Waals surface area contributed by atoms with Gasteiger partial charge in [-0.3, -0.25) is 4.79 Å². The van der Waals surface area contributed by atoms with Crippen LogP contribution in [-0.2, 0) is 9.59 Å². The lowest BCUT2D eigenvalue weighted by Crippen LogP contribution is -2.31. The van der Waals surface area contributed by atoms with Gasteiger partial charge in [0.25, 0.3) is 0 Å². The minimum atomic E-state index is -0.404. The van der Waals surface area contributed by atoms with Gasteiger partial charge in [0, 0.05) is 16.9 Å². The SMILES string of the molecule is CCC(C)(C)Oc1ccc(-c2ccc(OC(=O)C3=CCCC(C(=O)C(C)(C)C)C3)c(C)c2)cc1C. The molecule has 2 aromatic carbocycles. The van der Waals surface area contributed by atoms with Gasteiger partial charge in [0.2, 0.25) is 0 Å². The van der Waals surface area contributed by atoms with Gasteiger partial charge in [-0.1, -0.05) is 45.9 Å². The normalized spacial score (nSPS) is 16.5. The molecule has 0 amide bonds. The summed E-state index contributed by atoms with van der Waals surface area (Å²) in [5.41, 5.74) is 4.10. The number of esters is 1. The summed E-state index contributed by atoms with van der Waals surface area (Å²) >= 11 is 0. The van der Waals surface area contributed by atoms with Crippen LogP contribution in [0, 0.1) is 25.2 Å². The van der Waals surface area contributed by atoms with E-state index in [2.05, 4.69) is 39.8 Å². The van der Waals surface area contributed by atoms with Crippen LogP contribution < -0.4 is 9.47 Å². The lowest BCUT2D eigenvalue weighted by Gasteiger charge is -2.27. The summed E-state index contributed by atoms with van der Waals surface area (Å²) in [5.74, 6) is 1.17. The third kappa shape index (κ3) is 6.62. The van der Waals surface area contributed by atoms with E-state index in [0.717, 1.165) is 47.3 Å². The van der Waals surface area contributed by atoms with Crippen LogP contribution >= 0.6 is 0 Å². The monoisotopic (exact) mass is 476 g/mol. The van der Waals surface area contributed by atoms with Crippen molar-refractivity contribution in [1.29, 1.82) is 0 Å². The van der Waals surface area contributed by atoms with Gasteiger partial charge in [-0.2, -0.15) is 0 Å². The molecule has 0 radical (unpaired) electrons. The molecule has 1 atom stereocenters. The van der Waals surface area contributed by atoms with E-state index < -0.39 is 5.41 Å². The van der Waals surface area contributed by atoms with Gasteiger partial charge in [-0.05, 0) is 99.9 Å². The summed E-state index contributed by atoms with van der Waals surface area (Å²) in [6, 6.07) is 12.1. The Morgan fingerprint density at radius 2 is 1.49 bits per heavy atom. The Labute approximate surface area is 210 Å². The fourth-order valence-corrected chi connectivity index (χ4v) is 4.33. The van der Waals surface area contributed by atoms with E-state index >= 15 is 0 Å². The zero-order valence-corrected chi connectivity index (χ0v) is 22.6. The van der Waals surface area contributed by atoms with Crippen LogP contribution in [0.5, 0.6) is 11.5 Å². The van der Waals surface area contributed by atoms with E-state index in [9.17, 15) is 9.59 Å². The second-order valence-corrected chi connectivity index (χ2v) is 11.4. The minimum absolute atomic E-state index is 0.121. The first kappa shape index (κ1) is 26.7. The highest BCUT2D eigenvalue weighted by atomic mass is 16.5. The van der Waals surface area contributed by atoms with Gasteiger partial charge in [-0.15, -0.1) is 0 Å². The van der Waals surface area contributed by atoms with Crippen molar-refractivity contribution in [3.05, 3.63) is 59.2 Å². The van der Waals surface area contributed by atoms with Crippen molar-refractivity contribution >= 4 is 11.8 Å². The topological polar surface area (TPSA) is 52.6 Å². The molecule has 0 saturated carbocycles. The van der Waals surface area contributed by atoms with Crippen molar-refractivity contribution in [3.8, 4) is 22.6 Å². The third-order valence-corrected chi connectivity index (χ3v) is 6.87. The van der Waals surface area contributed by atoms with Crippen molar-refractivity contribution in [2.24, 2.45) is 11.3 Å². The summed E-state index contributed by atoms with van der Waals surface area (Å²) in [6.45, 7) is 16.1. The standard InChI is InChI=1S/C31H40O4/c1-9-31(7,8)35-27-16-14-23(18-21(27)3)22-13-15-26(20(2)17-22)34-29(33)25-12-10-11-24(19-25)28(32)30(4,5)6/h12-18,24H,9-11,19H2,1-8H3. The van der Waals surface area contributed by atoms with Crippen LogP contribution in [0.15, 0.2) is 48.0 Å². The van der Waals surface area contributed by atoms with Crippen LogP contribution in [0.3, 0.4) is 0 Å². The molecule has 0 N–H and O–H groups in total. The molecule has 3 rings (SSSR count). The molecule has 1 aliphatic carbocycles. The van der Waals surface area contributed by atoms with Gasteiger partial charge in [0.1, 0.15) is 22.9 Å². The highest BCUT2D eigenvalue weighted by molar-refractivity contribution is 5.93. The molecular weight excluding hydrogens is 436 g/mol. The van der Waals surface area contributed by atoms with Crippen LogP contribution in [0.1, 0.15) is 78.4 Å². The number of ketones is 1. The molecule has 4 nitrogen and oxygen atoms in total. The first-order chi connectivity index (χ1) is 16.3. The summed E-state index contributed by atoms with van der Waals surface area (Å²) < 4.78 is 11.9. The van der Waals surface area contributed by atoms with Crippen molar-refractivity contribution in [2.45, 2.75) is 86.7 Å². The van der Waals surface area contributed by atoms with Gasteiger partial charge >= 0.3 is 5.97 Å². The number of carbonyl (C=O) groups is 2. The second-order valence-electron chi connectivity index (χ2n) is 11.4. The Morgan fingerprint density at radius 1 is 0.914 bits per heavy atom. The minimum Gasteiger partial charge on any atom is -0.488 e. The predicted molar refractivity (Wildman–Crippen MR) is 142 cm³/mol. The Morgan fingerprint density at radius 3 is 2.00 bits per heavy atom. The first-order valence-corrected chi connectivity index (χ1v) is 12.7. The zero-order chi connectivity index (χ0) is 26.0. The smallest absolute Gasteiger partial charge is 0.339 e. The Balaban J connectivity index is 1.72. The third-order valence-electron chi connectivity index (χ3n) is 6.87. The average Bonchev–Trinajstić information content (AvgIpc) is 2.80. The molecule has 0 fully saturated rings. The quantitative estimate of drug-likeness (QED) is 0.302. The number of benzene rings is 2. The Hall–Kier alpha value is -2.88. The van der Waals surface area contributed by atoms with E-state index in [1.807, 2.05) is 58.0 Å². The Kier molecular flexibility index (Phi) is 7.93. The number of carbonyl (C=O) groups excluding carboxylic acids is 2. The van der Waals surface area contributed by atoms with E-state index in [1.54, 1.807) is 0 Å². The molecule has 0 aliphatic heterocycles. The van der Waals surface area contributed by atoms with E-state index in [1.165, 1.54) is 0 Å². The Bertz CT molecular complexity index is 1130. The molecule has 0 bridgehead atoms. The van der Waals surface area contributed by atoms with Crippen molar-refractivity contribution in [3.63, 3.8) is 0 Å². The highest BCUT2D eigenvalue weighted by Gasteiger charge is 2.33. The molecule has 0 saturated heterocycles. The maximum atomic E-state index is 12.9. The molecule has 0 heterocycles. The highest BCUT2D eigenvalue weighted by Crippen LogP contribution is 2.34. The first-order valence-electron chi connectivity index (χ1n) is 12.7. The fourth-order valence-electron chi connectivity index (χ4n) is 4.33. The van der Waals surface area contributed by atoms with E-state index in [0.29, 0.717) is 17.7 Å².